The van der Waals surface area contributed by atoms with Crippen LogP contribution in [0.15, 0.2) is 96.2 Å². The highest BCUT2D eigenvalue weighted by Gasteiger charge is 2.25. The van der Waals surface area contributed by atoms with Gasteiger partial charge in [-0.1, -0.05) is 66.2 Å². The predicted molar refractivity (Wildman–Crippen MR) is 154 cm³/mol. The zero-order valence-corrected chi connectivity index (χ0v) is 22.9. The number of ketones is 1. The van der Waals surface area contributed by atoms with E-state index in [-0.39, 0.29) is 18.3 Å². The van der Waals surface area contributed by atoms with Gasteiger partial charge in [0.25, 0.3) is 5.91 Å². The normalized spacial score (nSPS) is 14.7. The highest BCUT2D eigenvalue weighted by Crippen LogP contribution is 2.29. The molecule has 6 heteroatoms. The molecule has 0 bridgehead atoms. The van der Waals surface area contributed by atoms with E-state index in [0.717, 1.165) is 28.1 Å². The second kappa shape index (κ2) is 12.6. The lowest BCUT2D eigenvalue weighted by Crippen LogP contribution is -2.37. The van der Waals surface area contributed by atoms with Gasteiger partial charge in [-0.3, -0.25) is 9.59 Å². The van der Waals surface area contributed by atoms with Crippen LogP contribution in [0, 0.1) is 6.92 Å². The van der Waals surface area contributed by atoms with Gasteiger partial charge in [0, 0.05) is 36.4 Å². The average Bonchev–Trinajstić information content (AvgIpc) is 3.06. The van der Waals surface area contributed by atoms with Crippen LogP contribution in [0.2, 0.25) is 5.02 Å². The smallest absolute Gasteiger partial charge is 0.265 e. The van der Waals surface area contributed by atoms with Crippen LogP contribution in [0.3, 0.4) is 0 Å². The number of fused-ring (bicyclic) bond motifs is 1. The minimum atomic E-state index is -0.146. The monoisotopic (exact) mass is 528 g/mol. The first kappa shape index (κ1) is 27.2. The largest absolute Gasteiger partial charge is 0.483 e. The minimum Gasteiger partial charge on any atom is -0.483 e. The first-order valence-electron chi connectivity index (χ1n) is 12.7. The molecule has 38 heavy (non-hydrogen) atoms. The molecule has 5 nitrogen and oxygen atoms in total. The number of rotatable bonds is 8. The molecule has 0 spiro atoms. The third kappa shape index (κ3) is 6.93. The zero-order chi connectivity index (χ0) is 27.1. The van der Waals surface area contributed by atoms with Crippen molar-refractivity contribution in [3.63, 3.8) is 0 Å². The third-order valence-electron chi connectivity index (χ3n) is 6.74. The molecule has 1 heterocycles. The van der Waals surface area contributed by atoms with Crippen LogP contribution in [0.5, 0.6) is 5.75 Å². The van der Waals surface area contributed by atoms with E-state index in [0.29, 0.717) is 42.3 Å². The fraction of sp³-hybridized carbons (Fsp3) is 0.250. The van der Waals surface area contributed by atoms with Crippen molar-refractivity contribution in [2.45, 2.75) is 33.2 Å². The van der Waals surface area contributed by atoms with Crippen molar-refractivity contribution in [3.05, 3.63) is 118 Å². The summed E-state index contributed by atoms with van der Waals surface area (Å²) < 4.78 is 5.88. The molecule has 1 aliphatic heterocycles. The van der Waals surface area contributed by atoms with E-state index in [4.69, 9.17) is 16.3 Å². The number of halogens is 1. The van der Waals surface area contributed by atoms with Crippen LogP contribution in [0.4, 0.5) is 5.69 Å². The maximum absolute atomic E-state index is 13.4. The van der Waals surface area contributed by atoms with Crippen LogP contribution in [0.25, 0.3) is 0 Å². The summed E-state index contributed by atoms with van der Waals surface area (Å²) in [6.45, 7) is 4.68. The Hall–Kier alpha value is -3.83. The van der Waals surface area contributed by atoms with Crippen molar-refractivity contribution in [1.82, 2.24) is 4.90 Å². The number of Topliss-reactive ketones (excluding diaryl/α,β-unsaturated/α-hetero) is 1. The Balaban J connectivity index is 1.50. The van der Waals surface area contributed by atoms with Crippen molar-refractivity contribution < 1.29 is 14.3 Å². The molecule has 0 radical (unpaired) electrons. The van der Waals surface area contributed by atoms with Crippen LogP contribution in [0.1, 0.15) is 30.0 Å². The molecule has 4 rings (SSSR count). The van der Waals surface area contributed by atoms with E-state index in [1.165, 1.54) is 0 Å². The molecule has 0 aromatic heterocycles. The summed E-state index contributed by atoms with van der Waals surface area (Å²) in [5, 5.41) is 0.627. The van der Waals surface area contributed by atoms with Gasteiger partial charge in [0.15, 0.2) is 12.4 Å². The molecular weight excluding hydrogens is 496 g/mol. The van der Waals surface area contributed by atoms with E-state index >= 15 is 0 Å². The number of likely N-dealkylation sites (N-methyl/N-ethyl adjacent to an activating group) is 1. The topological polar surface area (TPSA) is 49.9 Å². The number of anilines is 1. The first-order valence-corrected chi connectivity index (χ1v) is 13.1. The molecule has 0 unspecified atom stereocenters. The molecule has 3 aromatic rings. The van der Waals surface area contributed by atoms with Crippen molar-refractivity contribution in [1.29, 1.82) is 0 Å². The van der Waals surface area contributed by atoms with E-state index in [1.54, 1.807) is 17.0 Å². The van der Waals surface area contributed by atoms with Gasteiger partial charge in [0.05, 0.1) is 6.54 Å². The van der Waals surface area contributed by atoms with Gasteiger partial charge >= 0.3 is 0 Å². The van der Waals surface area contributed by atoms with Crippen molar-refractivity contribution in [3.8, 4) is 5.75 Å². The molecule has 3 aromatic carbocycles. The quantitative estimate of drug-likeness (QED) is 0.312. The van der Waals surface area contributed by atoms with Gasteiger partial charge < -0.3 is 14.5 Å². The highest BCUT2D eigenvalue weighted by atomic mass is 35.5. The number of benzene rings is 3. The fourth-order valence-corrected chi connectivity index (χ4v) is 4.67. The number of hydrogen-bond donors (Lipinski definition) is 0. The number of aryl methyl sites for hydroxylation is 2. The lowest BCUT2D eigenvalue weighted by molar-refractivity contribution is -0.120. The number of hydrogen-bond acceptors (Lipinski definition) is 4. The van der Waals surface area contributed by atoms with Crippen molar-refractivity contribution >= 4 is 29.0 Å². The standard InChI is InChI=1S/C32H33ClN2O3/c1-23(30(36)17-14-25-9-5-4-6-10-25)13-16-28-21-35(29-12-8-7-11-26(29)20-34(28)3)32(37)22-38-31-18-15-27(33)19-24(31)2/h4-13,15-16,18-19H,14,17,20-22H2,1-3H3/b23-13+,28-16-. The van der Waals surface area contributed by atoms with Gasteiger partial charge in [-0.15, -0.1) is 0 Å². The molecule has 1 aliphatic rings. The van der Waals surface area contributed by atoms with Gasteiger partial charge in [-0.2, -0.15) is 0 Å². The Labute approximate surface area is 230 Å². The summed E-state index contributed by atoms with van der Waals surface area (Å²) in [5.74, 6) is 0.601. The summed E-state index contributed by atoms with van der Waals surface area (Å²) in [5.41, 5.74) is 5.58. The van der Waals surface area contributed by atoms with Gasteiger partial charge in [-0.05, 0) is 72.9 Å². The number of para-hydroxylation sites is 1. The van der Waals surface area contributed by atoms with Crippen LogP contribution in [-0.4, -0.2) is 36.8 Å². The number of nitrogens with zero attached hydrogens (tertiary/aromatic N) is 2. The Kier molecular flexibility index (Phi) is 9.03. The number of carbonyl (C=O) groups is 2. The van der Waals surface area contributed by atoms with Crippen molar-refractivity contribution in [2.75, 3.05) is 25.1 Å². The molecule has 0 N–H and O–H groups in total. The van der Waals surface area contributed by atoms with Gasteiger partial charge in [0.2, 0.25) is 0 Å². The number of ether oxygens (including phenoxy) is 1. The molecule has 0 saturated carbocycles. The lowest BCUT2D eigenvalue weighted by Gasteiger charge is -2.24. The Morgan fingerprint density at radius 2 is 1.74 bits per heavy atom. The summed E-state index contributed by atoms with van der Waals surface area (Å²) in [7, 11) is 2.00. The highest BCUT2D eigenvalue weighted by molar-refractivity contribution is 6.30. The summed E-state index contributed by atoms with van der Waals surface area (Å²) >= 11 is 6.06. The van der Waals surface area contributed by atoms with Gasteiger partial charge in [-0.25, -0.2) is 0 Å². The molecule has 0 atom stereocenters. The van der Waals surface area contributed by atoms with E-state index in [2.05, 4.69) is 4.90 Å². The average molecular weight is 529 g/mol. The molecule has 0 fully saturated rings. The van der Waals surface area contributed by atoms with Crippen LogP contribution < -0.4 is 9.64 Å². The zero-order valence-electron chi connectivity index (χ0n) is 22.1. The van der Waals surface area contributed by atoms with E-state index < -0.39 is 0 Å². The van der Waals surface area contributed by atoms with Gasteiger partial charge in [0.1, 0.15) is 5.75 Å². The first-order chi connectivity index (χ1) is 18.3. The third-order valence-corrected chi connectivity index (χ3v) is 6.97. The lowest BCUT2D eigenvalue weighted by atomic mass is 10.0. The molecule has 1 amide bonds. The molecule has 0 saturated heterocycles. The van der Waals surface area contributed by atoms with Crippen molar-refractivity contribution in [2.24, 2.45) is 0 Å². The summed E-state index contributed by atoms with van der Waals surface area (Å²) in [6, 6.07) is 23.3. The minimum absolute atomic E-state index is 0.0966. The number of allylic oxidation sites excluding steroid dienone is 3. The second-order valence-electron chi connectivity index (χ2n) is 9.58. The van der Waals surface area contributed by atoms with Crippen LogP contribution >= 0.6 is 11.6 Å². The van der Waals surface area contributed by atoms with E-state index in [1.807, 2.05) is 93.7 Å². The number of carbonyl (C=O) groups excluding carboxylic acids is 2. The Morgan fingerprint density at radius 1 is 1.00 bits per heavy atom. The molecular formula is C32H33ClN2O3. The summed E-state index contributed by atoms with van der Waals surface area (Å²) in [4.78, 5) is 30.1. The summed E-state index contributed by atoms with van der Waals surface area (Å²) in [6.07, 6.45) is 4.99. The maximum Gasteiger partial charge on any atom is 0.265 e. The second-order valence-corrected chi connectivity index (χ2v) is 10.0. The Bertz CT molecular complexity index is 1360. The maximum atomic E-state index is 13.4. The fourth-order valence-electron chi connectivity index (χ4n) is 4.44. The van der Waals surface area contributed by atoms with Crippen LogP contribution in [-0.2, 0) is 22.6 Å². The SMILES string of the molecule is C/C(=C\C=C1\CN(C(=O)COc2ccc(Cl)cc2C)c2ccccc2CN1C)C(=O)CCc1ccccc1. The molecule has 0 aliphatic carbocycles. The Morgan fingerprint density at radius 3 is 2.50 bits per heavy atom. The predicted octanol–water partition coefficient (Wildman–Crippen LogP) is 6.54. The van der Waals surface area contributed by atoms with E-state index in [9.17, 15) is 9.59 Å². The molecule has 196 valence electrons. The number of amides is 1.